The van der Waals surface area contributed by atoms with E-state index in [0.717, 1.165) is 33.4 Å². The van der Waals surface area contributed by atoms with Crippen LogP contribution < -0.4 is 11.3 Å². The van der Waals surface area contributed by atoms with Crippen LogP contribution in [0.4, 0.5) is 5.95 Å². The summed E-state index contributed by atoms with van der Waals surface area (Å²) >= 11 is 0. The van der Waals surface area contributed by atoms with E-state index in [-0.39, 0.29) is 30.4 Å². The molecule has 6 aromatic carbocycles. The van der Waals surface area contributed by atoms with E-state index in [1.807, 2.05) is 146 Å². The lowest BCUT2D eigenvalue weighted by atomic mass is 9.64. The van der Waals surface area contributed by atoms with Crippen LogP contribution in [0.3, 0.4) is 0 Å². The van der Waals surface area contributed by atoms with Gasteiger partial charge in [0.1, 0.15) is 24.5 Å². The van der Waals surface area contributed by atoms with Gasteiger partial charge >= 0.3 is 0 Å². The van der Waals surface area contributed by atoms with Crippen molar-refractivity contribution in [1.29, 1.82) is 0 Å². The number of aromatic nitrogens is 4. The molecule has 56 heavy (non-hydrogen) atoms. The van der Waals surface area contributed by atoms with Gasteiger partial charge < -0.3 is 20.3 Å². The topological polar surface area (TPSA) is 128 Å². The fourth-order valence-corrected chi connectivity index (χ4v) is 7.84. The lowest BCUT2D eigenvalue weighted by Crippen LogP contribution is -2.52. The Morgan fingerprint density at radius 1 is 0.625 bits per heavy atom. The monoisotopic (exact) mass is 739 g/mol. The standard InChI is InChI=1S/C47H41N5O4/c48-45-50-43-41(44(54)51-45)49-32-52(43)33-55-40(31-56-47(37-25-13-4-14-26-37,38-27-15-5-16-28-38)39-29-17-6-18-30-39)42(53)46(34-19-7-1-8-20-34,35-21-9-2-10-22-35)36-23-11-3-12-24-36/h1-30,32,40,42,53H,31,33H2,(H3,48,50,51,54). The molecule has 0 aliphatic rings. The second kappa shape index (κ2) is 16.0. The van der Waals surface area contributed by atoms with Gasteiger partial charge in [-0.1, -0.05) is 182 Å². The fraction of sp³-hybridized carbons (Fsp3) is 0.128. The molecule has 0 aliphatic carbocycles. The van der Waals surface area contributed by atoms with Crippen LogP contribution in [-0.2, 0) is 27.2 Å². The van der Waals surface area contributed by atoms with Crippen LogP contribution in [0.2, 0.25) is 0 Å². The highest BCUT2D eigenvalue weighted by molar-refractivity contribution is 5.70. The molecule has 0 amide bonds. The molecule has 2 heterocycles. The number of nitrogens with two attached hydrogens (primary N) is 1. The molecule has 0 bridgehead atoms. The molecule has 8 rings (SSSR count). The number of aliphatic hydroxyl groups is 1. The second-order valence-electron chi connectivity index (χ2n) is 13.6. The first kappa shape index (κ1) is 36.3. The third kappa shape index (κ3) is 6.69. The van der Waals surface area contributed by atoms with Crippen molar-refractivity contribution < 1.29 is 14.6 Å². The summed E-state index contributed by atoms with van der Waals surface area (Å²) in [5.41, 5.74) is 8.97. The quantitative estimate of drug-likeness (QED) is 0.0989. The molecule has 2 atom stereocenters. The van der Waals surface area contributed by atoms with Crippen molar-refractivity contribution in [2.75, 3.05) is 12.3 Å². The highest BCUT2D eigenvalue weighted by atomic mass is 16.6. The number of nitrogen functional groups attached to an aromatic ring is 1. The maximum Gasteiger partial charge on any atom is 0.280 e. The van der Waals surface area contributed by atoms with Crippen LogP contribution in [-0.4, -0.2) is 43.4 Å². The first-order valence-electron chi connectivity index (χ1n) is 18.5. The molecule has 0 aliphatic heterocycles. The van der Waals surface area contributed by atoms with E-state index >= 15 is 0 Å². The average Bonchev–Trinajstić information content (AvgIpc) is 3.67. The number of rotatable bonds is 14. The summed E-state index contributed by atoms with van der Waals surface area (Å²) in [6.07, 6.45) is -0.758. The average molecular weight is 740 g/mol. The molecular formula is C47H41N5O4. The van der Waals surface area contributed by atoms with Gasteiger partial charge in [-0.15, -0.1) is 0 Å². The predicted molar refractivity (Wildman–Crippen MR) is 218 cm³/mol. The van der Waals surface area contributed by atoms with E-state index in [1.54, 1.807) is 4.57 Å². The number of nitrogens with zero attached hydrogens (tertiary/aromatic N) is 3. The minimum absolute atomic E-state index is 0.0428. The first-order valence-corrected chi connectivity index (χ1v) is 18.5. The number of fused-ring (bicyclic) bond motifs is 1. The zero-order chi connectivity index (χ0) is 38.4. The highest BCUT2D eigenvalue weighted by Gasteiger charge is 2.48. The number of benzene rings is 6. The Kier molecular flexibility index (Phi) is 10.4. The number of H-pyrrole nitrogens is 1. The molecule has 0 spiro atoms. The smallest absolute Gasteiger partial charge is 0.280 e. The van der Waals surface area contributed by atoms with E-state index in [1.165, 1.54) is 6.33 Å². The highest BCUT2D eigenvalue weighted by Crippen LogP contribution is 2.45. The summed E-state index contributed by atoms with van der Waals surface area (Å²) in [7, 11) is 0. The van der Waals surface area contributed by atoms with Gasteiger partial charge in [0.2, 0.25) is 5.95 Å². The SMILES string of the molecule is Nc1nc2c(ncn2COC(COC(c2ccccc2)(c2ccccc2)c2ccccc2)C(O)C(c2ccccc2)(c2ccccc2)c2ccccc2)c(=O)[nH]1. The van der Waals surface area contributed by atoms with Crippen molar-refractivity contribution in [3.8, 4) is 0 Å². The maximum absolute atomic E-state index is 13.4. The van der Waals surface area contributed by atoms with Crippen LogP contribution in [0, 0.1) is 0 Å². The van der Waals surface area contributed by atoms with E-state index in [9.17, 15) is 9.90 Å². The molecule has 0 saturated heterocycles. The third-order valence-corrected chi connectivity index (χ3v) is 10.4. The van der Waals surface area contributed by atoms with Crippen LogP contribution in [0.15, 0.2) is 193 Å². The Bertz CT molecular complexity index is 2340. The van der Waals surface area contributed by atoms with Gasteiger partial charge in [-0.3, -0.25) is 14.3 Å². The molecule has 0 fully saturated rings. The second-order valence-corrected chi connectivity index (χ2v) is 13.6. The van der Waals surface area contributed by atoms with Crippen molar-refractivity contribution in [2.45, 2.75) is 30.0 Å². The molecule has 8 aromatic rings. The fourth-order valence-electron chi connectivity index (χ4n) is 7.84. The Balaban J connectivity index is 1.32. The van der Waals surface area contributed by atoms with Gasteiger partial charge in [0, 0.05) is 0 Å². The molecule has 2 aromatic heterocycles. The van der Waals surface area contributed by atoms with Crippen molar-refractivity contribution in [1.82, 2.24) is 19.5 Å². The summed E-state index contributed by atoms with van der Waals surface area (Å²) in [6, 6.07) is 60.2. The molecule has 0 saturated carbocycles. The number of aliphatic hydroxyl groups excluding tert-OH is 1. The molecule has 4 N–H and O–H groups in total. The number of hydrogen-bond donors (Lipinski definition) is 3. The van der Waals surface area contributed by atoms with Crippen LogP contribution in [0.1, 0.15) is 33.4 Å². The van der Waals surface area contributed by atoms with Gasteiger partial charge in [-0.05, 0) is 33.4 Å². The van der Waals surface area contributed by atoms with Crippen molar-refractivity contribution in [2.24, 2.45) is 0 Å². The third-order valence-electron chi connectivity index (χ3n) is 10.4. The number of hydrogen-bond acceptors (Lipinski definition) is 7. The van der Waals surface area contributed by atoms with E-state index in [0.29, 0.717) is 0 Å². The van der Waals surface area contributed by atoms with Gasteiger partial charge in [-0.2, -0.15) is 4.98 Å². The lowest BCUT2D eigenvalue weighted by molar-refractivity contribution is -0.133. The zero-order valence-electron chi connectivity index (χ0n) is 30.6. The molecule has 9 nitrogen and oxygen atoms in total. The van der Waals surface area contributed by atoms with Gasteiger partial charge in [0.25, 0.3) is 5.56 Å². The van der Waals surface area contributed by atoms with Crippen molar-refractivity contribution in [3.05, 3.63) is 232 Å². The Labute approximate surface area is 324 Å². The first-order chi connectivity index (χ1) is 27.5. The zero-order valence-corrected chi connectivity index (χ0v) is 30.6. The van der Waals surface area contributed by atoms with Crippen molar-refractivity contribution in [3.63, 3.8) is 0 Å². The Morgan fingerprint density at radius 2 is 1.02 bits per heavy atom. The Hall–Kier alpha value is -6.65. The number of nitrogens with one attached hydrogen (secondary N) is 1. The molecule has 278 valence electrons. The Morgan fingerprint density at radius 3 is 1.43 bits per heavy atom. The minimum Gasteiger partial charge on any atom is -0.389 e. The minimum atomic E-state index is -1.24. The van der Waals surface area contributed by atoms with Crippen molar-refractivity contribution >= 4 is 17.1 Å². The van der Waals surface area contributed by atoms with E-state index in [4.69, 9.17) is 15.2 Å². The van der Waals surface area contributed by atoms with Gasteiger partial charge in [0.15, 0.2) is 11.2 Å². The predicted octanol–water partition coefficient (Wildman–Crippen LogP) is 7.45. The summed E-state index contributed by atoms with van der Waals surface area (Å²) in [5, 5.41) is 13.4. The van der Waals surface area contributed by atoms with Crippen LogP contribution in [0.5, 0.6) is 0 Å². The summed E-state index contributed by atoms with van der Waals surface area (Å²) in [4.78, 5) is 23.9. The summed E-state index contributed by atoms with van der Waals surface area (Å²) in [5.74, 6) is -0.0428. The van der Waals surface area contributed by atoms with Gasteiger partial charge in [-0.25, -0.2) is 4.98 Å². The number of aromatic amines is 1. The van der Waals surface area contributed by atoms with Gasteiger partial charge in [0.05, 0.1) is 18.3 Å². The largest absolute Gasteiger partial charge is 0.389 e. The molecule has 0 radical (unpaired) electrons. The normalized spacial score (nSPS) is 13.0. The number of anilines is 1. The number of imidazole rings is 1. The molecular weight excluding hydrogens is 699 g/mol. The number of ether oxygens (including phenoxy) is 2. The lowest BCUT2D eigenvalue weighted by Gasteiger charge is -2.44. The van der Waals surface area contributed by atoms with Crippen LogP contribution in [0.25, 0.3) is 11.2 Å². The molecule has 2 unspecified atom stereocenters. The maximum atomic E-state index is 13.4. The molecule has 9 heteroatoms. The van der Waals surface area contributed by atoms with Crippen LogP contribution >= 0.6 is 0 Å². The summed E-state index contributed by atoms with van der Waals surface area (Å²) in [6.45, 7) is -0.197. The van der Waals surface area contributed by atoms with E-state index in [2.05, 4.69) is 51.4 Å². The van der Waals surface area contributed by atoms with E-state index < -0.39 is 28.8 Å². The summed E-state index contributed by atoms with van der Waals surface area (Å²) < 4.78 is 15.8.